The number of fused-ring (bicyclic) bond motifs is 6. The third kappa shape index (κ3) is 4.52. The Morgan fingerprint density at radius 1 is 0.537 bits per heavy atom. The summed E-state index contributed by atoms with van der Waals surface area (Å²) in [7, 11) is 2.11. The van der Waals surface area contributed by atoms with Crippen LogP contribution in [0.1, 0.15) is 11.1 Å². The molecule has 0 aliphatic heterocycles. The highest BCUT2D eigenvalue weighted by molar-refractivity contribution is 8.31. The van der Waals surface area contributed by atoms with E-state index in [2.05, 4.69) is 153 Å². The summed E-state index contributed by atoms with van der Waals surface area (Å²) in [6, 6.07) is 49.9. The van der Waals surface area contributed by atoms with Gasteiger partial charge in [0, 0.05) is 27.2 Å². The summed E-state index contributed by atoms with van der Waals surface area (Å²) >= 11 is 3.44. The van der Waals surface area contributed by atoms with E-state index in [1.165, 1.54) is 60.5 Å². The van der Waals surface area contributed by atoms with Crippen LogP contribution in [0.2, 0.25) is 0 Å². The smallest absolute Gasteiger partial charge is 0.135 e. The van der Waals surface area contributed by atoms with Gasteiger partial charge in [-0.1, -0.05) is 99.4 Å². The molecule has 0 radical (unpaired) electrons. The molecule has 0 spiro atoms. The highest BCUT2D eigenvalue weighted by Crippen LogP contribution is 2.36. The van der Waals surface area contributed by atoms with Crippen LogP contribution in [0.3, 0.4) is 0 Å². The minimum absolute atomic E-state index is 0.857. The number of benzene rings is 6. The minimum Gasteiger partial charge on any atom is -0.456 e. The number of thiol groups is 1. The van der Waals surface area contributed by atoms with Gasteiger partial charge in [-0.3, -0.25) is 0 Å². The van der Waals surface area contributed by atoms with Gasteiger partial charge in [0.2, 0.25) is 0 Å². The zero-order valence-corrected chi connectivity index (χ0v) is 24.4. The van der Waals surface area contributed by atoms with Gasteiger partial charge >= 0.3 is 0 Å². The van der Waals surface area contributed by atoms with Gasteiger partial charge in [-0.15, -0.1) is 0 Å². The van der Waals surface area contributed by atoms with Crippen LogP contribution in [0, 0.1) is 0 Å². The highest BCUT2D eigenvalue weighted by Gasteiger charge is 2.14. The molecule has 0 aliphatic carbocycles. The maximum absolute atomic E-state index is 6.06. The zero-order chi connectivity index (χ0) is 27.8. The first-order valence-corrected chi connectivity index (χ1v) is 15.7. The lowest BCUT2D eigenvalue weighted by Gasteiger charge is -2.11. The molecule has 0 N–H and O–H groups in total. The minimum atomic E-state index is 0.857. The normalized spacial score (nSPS) is 11.3. The Labute approximate surface area is 246 Å². The number of rotatable bonds is 4. The molecule has 0 saturated carbocycles. The van der Waals surface area contributed by atoms with Gasteiger partial charge in [-0.05, 0) is 77.2 Å². The van der Waals surface area contributed by atoms with E-state index in [0.717, 1.165) is 17.6 Å². The molecule has 4 heteroatoms. The number of hydrogen-bond acceptors (Lipinski definition) is 2. The predicted molar refractivity (Wildman–Crippen MR) is 181 cm³/mol. The fourth-order valence-electron chi connectivity index (χ4n) is 6.05. The summed E-state index contributed by atoms with van der Waals surface area (Å²) in [5.74, 6) is 0. The molecule has 2 aromatic heterocycles. The van der Waals surface area contributed by atoms with Crippen molar-refractivity contribution in [2.45, 2.75) is 6.42 Å². The van der Waals surface area contributed by atoms with E-state index in [1.54, 1.807) is 0 Å². The number of hydrogen-bond donors (Lipinski definition) is 1. The van der Waals surface area contributed by atoms with Crippen molar-refractivity contribution in [1.29, 1.82) is 0 Å². The van der Waals surface area contributed by atoms with Gasteiger partial charge in [0.15, 0.2) is 0 Å². The molecule has 41 heavy (non-hydrogen) atoms. The second-order valence-electron chi connectivity index (χ2n) is 10.2. The second kappa shape index (κ2) is 10.9. The van der Waals surface area contributed by atoms with Crippen LogP contribution in [0.15, 0.2) is 144 Å². The lowest BCUT2D eigenvalue weighted by molar-refractivity contribution is 0.669. The average Bonchev–Trinajstić information content (AvgIpc) is 3.58. The van der Waals surface area contributed by atoms with Crippen molar-refractivity contribution >= 4 is 64.4 Å². The van der Waals surface area contributed by atoms with Crippen molar-refractivity contribution < 1.29 is 4.42 Å². The molecule has 0 saturated heterocycles. The number of nitrogens with zero attached hydrogens (tertiary/aromatic N) is 1. The topological polar surface area (TPSA) is 18.1 Å². The van der Waals surface area contributed by atoms with Crippen LogP contribution < -0.4 is 0 Å². The molecule has 0 fully saturated rings. The van der Waals surface area contributed by atoms with Crippen molar-refractivity contribution in [3.63, 3.8) is 0 Å². The van der Waals surface area contributed by atoms with Crippen LogP contribution in [0.25, 0.3) is 60.6 Å². The number of furan rings is 1. The lowest BCUT2D eigenvalue weighted by atomic mass is 9.93. The van der Waals surface area contributed by atoms with E-state index >= 15 is 0 Å². The Bertz CT molecular complexity index is 2160. The fourth-order valence-corrected chi connectivity index (χ4v) is 6.05. The number of para-hydroxylation sites is 3. The second-order valence-corrected chi connectivity index (χ2v) is 10.2. The van der Waals surface area contributed by atoms with Gasteiger partial charge in [0.1, 0.15) is 11.2 Å². The fraction of sp³-hybridized carbons (Fsp3) is 0.0270. The van der Waals surface area contributed by atoms with E-state index in [9.17, 15) is 0 Å². The van der Waals surface area contributed by atoms with Gasteiger partial charge in [-0.25, -0.2) is 0 Å². The highest BCUT2D eigenvalue weighted by atomic mass is 32.7. The Balaban J connectivity index is 0.00000135. The third-order valence-electron chi connectivity index (χ3n) is 7.85. The molecule has 8 rings (SSSR count). The molecule has 1 unspecified atom stereocenters. The Hall–Kier alpha value is -4.30. The summed E-state index contributed by atoms with van der Waals surface area (Å²) in [4.78, 5) is 0. The third-order valence-corrected chi connectivity index (χ3v) is 7.85. The Morgan fingerprint density at radius 3 is 2.10 bits per heavy atom. The molecule has 6 aromatic carbocycles. The molecule has 0 aliphatic rings. The van der Waals surface area contributed by atoms with Gasteiger partial charge in [-0.2, -0.15) is 12.2 Å². The summed E-state index contributed by atoms with van der Waals surface area (Å²) in [6.07, 6.45) is 0.857. The van der Waals surface area contributed by atoms with Crippen LogP contribution in [-0.2, 0) is 6.42 Å². The molecule has 1 atom stereocenters. The molecule has 8 aromatic rings. The van der Waals surface area contributed by atoms with Gasteiger partial charge < -0.3 is 8.98 Å². The standard InChI is InChI=1S/C37H25NO.H3PS/c1-2-11-28(12-3-1)38-34-16-8-6-14-30(34)32-24-27(19-20-35(32)38)29-13-5-4-10-26(29)22-25-18-21-37-33(23-25)31-15-7-9-17-36(31)39-37;1-2/h1-21,23-24H,22H2;2H,1H2. The summed E-state index contributed by atoms with van der Waals surface area (Å²) < 4.78 is 8.42. The molecular weight excluding hydrogens is 537 g/mol. The first-order chi connectivity index (χ1) is 20.3. The SMILES string of the molecule is PS.c1ccc(-n2c3ccccc3c3cc(-c4ccccc4Cc4ccc5oc6ccccc6c5c4)ccc32)cc1. The largest absolute Gasteiger partial charge is 0.456 e. The summed E-state index contributed by atoms with van der Waals surface area (Å²) in [5, 5.41) is 4.89. The number of aromatic nitrogens is 1. The van der Waals surface area contributed by atoms with Crippen LogP contribution in [-0.4, -0.2) is 4.57 Å². The monoisotopic (exact) mass is 565 g/mol. The summed E-state index contributed by atoms with van der Waals surface area (Å²) in [6.45, 7) is 0. The van der Waals surface area contributed by atoms with Crippen molar-refractivity contribution in [1.82, 2.24) is 4.57 Å². The molecule has 2 nitrogen and oxygen atoms in total. The lowest BCUT2D eigenvalue weighted by Crippen LogP contribution is -1.94. The van der Waals surface area contributed by atoms with Crippen molar-refractivity contribution in [3.8, 4) is 16.8 Å². The maximum atomic E-state index is 6.06. The molecule has 0 bridgehead atoms. The Kier molecular flexibility index (Phi) is 6.84. The molecule has 2 heterocycles. The van der Waals surface area contributed by atoms with E-state index in [1.807, 2.05) is 12.1 Å². The molecular formula is C37H28NOPS. The van der Waals surface area contributed by atoms with Crippen LogP contribution in [0.4, 0.5) is 0 Å². The quantitative estimate of drug-likeness (QED) is 0.166. The van der Waals surface area contributed by atoms with E-state index in [-0.39, 0.29) is 0 Å². The Morgan fingerprint density at radius 2 is 1.22 bits per heavy atom. The average molecular weight is 566 g/mol. The van der Waals surface area contributed by atoms with E-state index in [0.29, 0.717) is 0 Å². The van der Waals surface area contributed by atoms with Crippen molar-refractivity contribution in [2.75, 3.05) is 0 Å². The van der Waals surface area contributed by atoms with Gasteiger partial charge in [0.05, 0.1) is 11.0 Å². The zero-order valence-electron chi connectivity index (χ0n) is 22.4. The van der Waals surface area contributed by atoms with Crippen molar-refractivity contribution in [2.24, 2.45) is 0 Å². The van der Waals surface area contributed by atoms with E-state index < -0.39 is 0 Å². The van der Waals surface area contributed by atoms with Crippen LogP contribution in [0.5, 0.6) is 0 Å². The first-order valence-electron chi connectivity index (χ1n) is 13.7. The van der Waals surface area contributed by atoms with Crippen LogP contribution >= 0.6 is 20.7 Å². The van der Waals surface area contributed by atoms with Crippen molar-refractivity contribution in [3.05, 3.63) is 151 Å². The first kappa shape index (κ1) is 25.7. The molecule has 0 amide bonds. The predicted octanol–water partition coefficient (Wildman–Crippen LogP) is 10.6. The molecule has 198 valence electrons. The van der Waals surface area contributed by atoms with Gasteiger partial charge in [0.25, 0.3) is 0 Å². The van der Waals surface area contributed by atoms with E-state index in [4.69, 9.17) is 4.42 Å². The summed E-state index contributed by atoms with van der Waals surface area (Å²) in [5.41, 5.74) is 10.6. The maximum Gasteiger partial charge on any atom is 0.135 e.